The third-order valence-electron chi connectivity index (χ3n) is 5.47. The number of hydrogen-bond acceptors (Lipinski definition) is 4. The Bertz CT molecular complexity index is 1530. The minimum Gasteiger partial charge on any atom is -0.235 e. The number of aromatic nitrogens is 2. The Morgan fingerprint density at radius 3 is 2.39 bits per heavy atom. The number of halogens is 1. The van der Waals surface area contributed by atoms with Gasteiger partial charge in [0.25, 0.3) is 0 Å². The predicted molar refractivity (Wildman–Crippen MR) is 138 cm³/mol. The normalized spacial score (nSPS) is 11.5. The summed E-state index contributed by atoms with van der Waals surface area (Å²) in [6.45, 7) is 2.01. The van der Waals surface area contributed by atoms with Crippen LogP contribution >= 0.6 is 22.9 Å². The van der Waals surface area contributed by atoms with Gasteiger partial charge in [-0.15, -0.1) is 11.3 Å². The molecule has 2 aromatic heterocycles. The SMILES string of the molecule is Cc1cccc2cc(C=C(C#N)c3nc(-c4ccc(-c5ccccc5)cc4)cs3)c(Cl)nc12. The lowest BCUT2D eigenvalue weighted by Gasteiger charge is -2.05. The Morgan fingerprint density at radius 2 is 1.64 bits per heavy atom. The van der Waals surface area contributed by atoms with Crippen LogP contribution < -0.4 is 0 Å². The first kappa shape index (κ1) is 21.1. The van der Waals surface area contributed by atoms with Crippen LogP contribution in [-0.2, 0) is 0 Å². The first-order valence-corrected chi connectivity index (χ1v) is 11.7. The molecule has 0 aliphatic carbocycles. The Hall–Kier alpha value is -3.78. The van der Waals surface area contributed by atoms with Gasteiger partial charge in [0.2, 0.25) is 0 Å². The first-order valence-electron chi connectivity index (χ1n) is 10.4. The molecule has 0 atom stereocenters. The standard InChI is InChI=1S/C28H18ClN3S/c1-18-6-5-9-22-14-23(27(29)32-26(18)22)15-24(16-30)28-31-25(17-33-28)21-12-10-20(11-13-21)19-7-3-2-4-8-19/h2-15,17H,1H3. The summed E-state index contributed by atoms with van der Waals surface area (Å²) in [6, 6.07) is 28.8. The lowest BCUT2D eigenvalue weighted by Crippen LogP contribution is -1.89. The lowest BCUT2D eigenvalue weighted by molar-refractivity contribution is 1.35. The fraction of sp³-hybridized carbons (Fsp3) is 0.0357. The number of allylic oxidation sites excluding steroid dienone is 1. The van der Waals surface area contributed by atoms with E-state index in [1.165, 1.54) is 16.9 Å². The van der Waals surface area contributed by atoms with Crippen molar-refractivity contribution in [3.05, 3.63) is 106 Å². The Balaban J connectivity index is 1.46. The molecule has 0 fully saturated rings. The van der Waals surface area contributed by atoms with Gasteiger partial charge in [0.05, 0.1) is 16.8 Å². The second-order valence-electron chi connectivity index (χ2n) is 7.67. The van der Waals surface area contributed by atoms with E-state index in [-0.39, 0.29) is 0 Å². The van der Waals surface area contributed by atoms with Crippen LogP contribution in [0.4, 0.5) is 0 Å². The zero-order valence-corrected chi connectivity index (χ0v) is 19.4. The molecule has 3 aromatic carbocycles. The molecule has 0 aliphatic heterocycles. The summed E-state index contributed by atoms with van der Waals surface area (Å²) in [5.41, 5.74) is 7.28. The van der Waals surface area contributed by atoms with Crippen molar-refractivity contribution in [1.29, 1.82) is 5.26 Å². The van der Waals surface area contributed by atoms with Crippen molar-refractivity contribution in [1.82, 2.24) is 9.97 Å². The van der Waals surface area contributed by atoms with E-state index in [4.69, 9.17) is 16.6 Å². The van der Waals surface area contributed by atoms with Crippen LogP contribution in [0.5, 0.6) is 0 Å². The number of rotatable bonds is 4. The van der Waals surface area contributed by atoms with Gasteiger partial charge in [-0.25, -0.2) is 9.97 Å². The molecule has 3 nitrogen and oxygen atoms in total. The average Bonchev–Trinajstić information content (AvgIpc) is 3.34. The maximum Gasteiger partial charge on any atom is 0.137 e. The van der Waals surface area contributed by atoms with Crippen LogP contribution in [0.15, 0.2) is 84.2 Å². The highest BCUT2D eigenvalue weighted by Crippen LogP contribution is 2.31. The van der Waals surface area contributed by atoms with Gasteiger partial charge in [0.15, 0.2) is 0 Å². The van der Waals surface area contributed by atoms with Crippen LogP contribution in [0.3, 0.4) is 0 Å². The molecule has 0 saturated carbocycles. The molecule has 0 saturated heterocycles. The summed E-state index contributed by atoms with van der Waals surface area (Å²) in [5, 5.41) is 13.8. The van der Waals surface area contributed by atoms with Crippen molar-refractivity contribution in [2.45, 2.75) is 6.92 Å². The van der Waals surface area contributed by atoms with Crippen molar-refractivity contribution < 1.29 is 0 Å². The second-order valence-corrected chi connectivity index (χ2v) is 8.88. The number of hydrogen-bond donors (Lipinski definition) is 0. The zero-order valence-electron chi connectivity index (χ0n) is 17.8. The van der Waals surface area contributed by atoms with E-state index in [1.54, 1.807) is 6.08 Å². The number of thiazole rings is 1. The van der Waals surface area contributed by atoms with E-state index in [0.717, 1.165) is 33.3 Å². The van der Waals surface area contributed by atoms with Gasteiger partial charge >= 0.3 is 0 Å². The van der Waals surface area contributed by atoms with Crippen LogP contribution in [0, 0.1) is 18.3 Å². The molecule has 33 heavy (non-hydrogen) atoms. The third-order valence-corrected chi connectivity index (χ3v) is 6.65. The molecule has 0 N–H and O–H groups in total. The Kier molecular flexibility index (Phi) is 5.75. The molecule has 5 aromatic rings. The highest BCUT2D eigenvalue weighted by molar-refractivity contribution is 7.11. The number of para-hydroxylation sites is 1. The number of benzene rings is 3. The number of pyridine rings is 1. The summed E-state index contributed by atoms with van der Waals surface area (Å²) in [5.74, 6) is 0. The summed E-state index contributed by atoms with van der Waals surface area (Å²) >= 11 is 7.89. The van der Waals surface area contributed by atoms with Gasteiger partial charge in [0, 0.05) is 21.9 Å². The van der Waals surface area contributed by atoms with Crippen LogP contribution in [0.25, 0.3) is 44.9 Å². The fourth-order valence-electron chi connectivity index (χ4n) is 3.73. The quantitative estimate of drug-likeness (QED) is 0.200. The zero-order chi connectivity index (χ0) is 22.8. The molecule has 0 spiro atoms. The fourth-order valence-corrected chi connectivity index (χ4v) is 4.72. The molecule has 5 heteroatoms. The monoisotopic (exact) mass is 463 g/mol. The number of nitrogens with zero attached hydrogens (tertiary/aromatic N) is 3. The number of fused-ring (bicyclic) bond motifs is 1. The van der Waals surface area contributed by atoms with Gasteiger partial charge in [0.1, 0.15) is 16.2 Å². The first-order chi connectivity index (χ1) is 16.1. The summed E-state index contributed by atoms with van der Waals surface area (Å²) in [7, 11) is 0. The summed E-state index contributed by atoms with van der Waals surface area (Å²) in [4.78, 5) is 9.26. The van der Waals surface area contributed by atoms with E-state index >= 15 is 0 Å². The largest absolute Gasteiger partial charge is 0.235 e. The average molecular weight is 464 g/mol. The Labute approximate surface area is 201 Å². The number of aryl methyl sites for hydroxylation is 1. The summed E-state index contributed by atoms with van der Waals surface area (Å²) < 4.78 is 0. The lowest BCUT2D eigenvalue weighted by atomic mass is 10.0. The maximum absolute atomic E-state index is 9.82. The maximum atomic E-state index is 9.82. The topological polar surface area (TPSA) is 49.6 Å². The van der Waals surface area contributed by atoms with E-state index < -0.39 is 0 Å². The summed E-state index contributed by atoms with van der Waals surface area (Å²) in [6.07, 6.45) is 1.76. The van der Waals surface area contributed by atoms with E-state index in [0.29, 0.717) is 21.3 Å². The van der Waals surface area contributed by atoms with Gasteiger partial charge in [-0.1, -0.05) is 84.4 Å². The van der Waals surface area contributed by atoms with Crippen molar-refractivity contribution in [3.8, 4) is 28.5 Å². The molecule has 0 amide bonds. The van der Waals surface area contributed by atoms with Crippen molar-refractivity contribution in [2.75, 3.05) is 0 Å². The number of nitriles is 1. The van der Waals surface area contributed by atoms with Crippen molar-refractivity contribution >= 4 is 45.5 Å². The molecular formula is C28H18ClN3S. The van der Waals surface area contributed by atoms with Crippen LogP contribution in [0.2, 0.25) is 5.15 Å². The second kappa shape index (κ2) is 8.99. The van der Waals surface area contributed by atoms with E-state index in [2.05, 4.69) is 47.5 Å². The van der Waals surface area contributed by atoms with Gasteiger partial charge in [-0.05, 0) is 35.8 Å². The van der Waals surface area contributed by atoms with Crippen LogP contribution in [0.1, 0.15) is 16.1 Å². The molecule has 0 bridgehead atoms. The van der Waals surface area contributed by atoms with Crippen molar-refractivity contribution in [2.24, 2.45) is 0 Å². The minimum absolute atomic E-state index is 0.373. The molecule has 0 unspecified atom stereocenters. The molecule has 5 rings (SSSR count). The van der Waals surface area contributed by atoms with Crippen LogP contribution in [-0.4, -0.2) is 9.97 Å². The molecule has 0 radical (unpaired) electrons. The molecule has 0 aliphatic rings. The van der Waals surface area contributed by atoms with Gasteiger partial charge < -0.3 is 0 Å². The third kappa shape index (κ3) is 4.29. The van der Waals surface area contributed by atoms with Gasteiger partial charge in [-0.3, -0.25) is 0 Å². The van der Waals surface area contributed by atoms with Crippen molar-refractivity contribution in [3.63, 3.8) is 0 Å². The highest BCUT2D eigenvalue weighted by Gasteiger charge is 2.12. The van der Waals surface area contributed by atoms with Gasteiger partial charge in [-0.2, -0.15) is 5.26 Å². The molecular weight excluding hydrogens is 446 g/mol. The Morgan fingerprint density at radius 1 is 0.909 bits per heavy atom. The molecule has 158 valence electrons. The highest BCUT2D eigenvalue weighted by atomic mass is 35.5. The predicted octanol–water partition coefficient (Wildman–Crippen LogP) is 8.05. The van der Waals surface area contributed by atoms with E-state index in [1.807, 2.05) is 54.8 Å². The van der Waals surface area contributed by atoms with E-state index in [9.17, 15) is 5.26 Å². The molecule has 2 heterocycles. The smallest absolute Gasteiger partial charge is 0.137 e. The minimum atomic E-state index is 0.373.